The van der Waals surface area contributed by atoms with Crippen molar-refractivity contribution in [2.45, 2.75) is 0 Å². The highest BCUT2D eigenvalue weighted by atomic mass is 16.5. The lowest BCUT2D eigenvalue weighted by Gasteiger charge is -2.39. The second-order valence-corrected chi connectivity index (χ2v) is 12.6. The van der Waals surface area contributed by atoms with Gasteiger partial charge in [0.05, 0.1) is 22.4 Å². The fourth-order valence-electron chi connectivity index (χ4n) is 7.19. The van der Waals surface area contributed by atoms with Gasteiger partial charge in [0.2, 0.25) is 5.95 Å². The Hall–Kier alpha value is -7.25. The molecule has 0 amide bonds. The van der Waals surface area contributed by atoms with Crippen LogP contribution in [-0.4, -0.2) is 19.5 Å². The van der Waals surface area contributed by atoms with Gasteiger partial charge in [0, 0.05) is 21.9 Å². The molecule has 0 spiro atoms. The lowest BCUT2D eigenvalue weighted by atomic mass is 9.99. The van der Waals surface area contributed by atoms with Crippen molar-refractivity contribution in [2.75, 3.05) is 4.90 Å². The van der Waals surface area contributed by atoms with Crippen LogP contribution in [0.3, 0.4) is 0 Å². The zero-order chi connectivity index (χ0) is 34.8. The Balaban J connectivity index is 1.19. The van der Waals surface area contributed by atoms with Crippen molar-refractivity contribution >= 4 is 33.2 Å². The molecule has 246 valence electrons. The molecule has 0 saturated heterocycles. The van der Waals surface area contributed by atoms with Crippen molar-refractivity contribution in [3.63, 3.8) is 0 Å². The molecule has 4 heterocycles. The van der Waals surface area contributed by atoms with E-state index in [1.807, 2.05) is 97.1 Å². The average molecular weight is 672 g/mol. The zero-order valence-electron chi connectivity index (χ0n) is 27.9. The monoisotopic (exact) mass is 671 g/mol. The quantitative estimate of drug-likeness (QED) is 0.181. The van der Waals surface area contributed by atoms with E-state index in [1.165, 1.54) is 0 Å². The third-order valence-electron chi connectivity index (χ3n) is 9.52. The molecule has 0 unspecified atom stereocenters. The van der Waals surface area contributed by atoms with E-state index in [0.29, 0.717) is 34.9 Å². The minimum Gasteiger partial charge on any atom is -0.453 e. The first-order valence-electron chi connectivity index (χ1n) is 17.0. The number of anilines is 2. The van der Waals surface area contributed by atoms with Gasteiger partial charge in [0.25, 0.3) is 0 Å². The van der Waals surface area contributed by atoms with Gasteiger partial charge >= 0.3 is 0 Å². The molecule has 0 atom stereocenters. The lowest BCUT2D eigenvalue weighted by Crippen LogP contribution is -2.27. The summed E-state index contributed by atoms with van der Waals surface area (Å²) >= 11 is 0. The van der Waals surface area contributed by atoms with Crippen LogP contribution in [0.4, 0.5) is 11.4 Å². The smallest absolute Gasteiger partial charge is 0.238 e. The van der Waals surface area contributed by atoms with Crippen LogP contribution in [0.5, 0.6) is 17.2 Å². The van der Waals surface area contributed by atoms with Crippen molar-refractivity contribution in [2.24, 2.45) is 0 Å². The first-order valence-corrected chi connectivity index (χ1v) is 17.0. The van der Waals surface area contributed by atoms with Gasteiger partial charge in [0.1, 0.15) is 11.4 Å². The van der Waals surface area contributed by atoms with Crippen LogP contribution in [0.15, 0.2) is 176 Å². The van der Waals surface area contributed by atoms with E-state index >= 15 is 0 Å². The molecule has 0 aliphatic carbocycles. The van der Waals surface area contributed by atoms with Crippen LogP contribution in [0.2, 0.25) is 0 Å². The van der Waals surface area contributed by atoms with E-state index in [-0.39, 0.29) is 0 Å². The summed E-state index contributed by atoms with van der Waals surface area (Å²) in [5, 5.41) is 2.19. The van der Waals surface area contributed by atoms with Crippen molar-refractivity contribution < 1.29 is 9.47 Å². The number of fused-ring (bicyclic) bond motifs is 5. The predicted octanol–water partition coefficient (Wildman–Crippen LogP) is 11.2. The predicted molar refractivity (Wildman–Crippen MR) is 207 cm³/mol. The van der Waals surface area contributed by atoms with Crippen LogP contribution in [0, 0.1) is 0 Å². The summed E-state index contributed by atoms with van der Waals surface area (Å²) in [6.45, 7) is 8.19. The molecule has 0 radical (unpaired) electrons. The van der Waals surface area contributed by atoms with Gasteiger partial charge in [-0.2, -0.15) is 9.97 Å². The molecular weight excluding hydrogens is 643 g/mol. The third kappa shape index (κ3) is 4.64. The van der Waals surface area contributed by atoms with E-state index in [4.69, 9.17) is 24.4 Å². The van der Waals surface area contributed by atoms with E-state index in [9.17, 15) is 0 Å². The van der Waals surface area contributed by atoms with Crippen LogP contribution < -0.4 is 14.4 Å². The largest absolute Gasteiger partial charge is 0.453 e. The van der Waals surface area contributed by atoms with Crippen molar-refractivity contribution in [1.82, 2.24) is 19.5 Å². The fourth-order valence-corrected chi connectivity index (χ4v) is 7.19. The Kier molecular flexibility index (Phi) is 6.66. The zero-order valence-corrected chi connectivity index (χ0v) is 27.9. The Morgan fingerprint density at radius 3 is 1.90 bits per heavy atom. The highest BCUT2D eigenvalue weighted by molar-refractivity contribution is 6.10. The van der Waals surface area contributed by atoms with Crippen LogP contribution >= 0.6 is 0 Å². The number of allylic oxidation sites excluding steroid dienone is 2. The summed E-state index contributed by atoms with van der Waals surface area (Å²) in [7, 11) is 0. The maximum Gasteiger partial charge on any atom is 0.238 e. The van der Waals surface area contributed by atoms with Gasteiger partial charge in [-0.1, -0.05) is 122 Å². The Morgan fingerprint density at radius 2 is 1.17 bits per heavy atom. The van der Waals surface area contributed by atoms with E-state index < -0.39 is 0 Å². The molecule has 8 aromatic rings. The molecule has 2 aromatic heterocycles. The van der Waals surface area contributed by atoms with Gasteiger partial charge < -0.3 is 9.47 Å². The number of rotatable bonds is 5. The lowest BCUT2D eigenvalue weighted by molar-refractivity contribution is 0.410. The number of nitrogens with zero attached hydrogens (tertiary/aromatic N) is 5. The molecule has 0 fully saturated rings. The number of benzene rings is 6. The van der Waals surface area contributed by atoms with Crippen molar-refractivity contribution in [3.8, 4) is 57.1 Å². The number of hydrogen-bond acceptors (Lipinski definition) is 6. The maximum absolute atomic E-state index is 6.55. The molecule has 0 saturated carbocycles. The number of hydrogen-bond donors (Lipinski definition) is 0. The van der Waals surface area contributed by atoms with Gasteiger partial charge in [-0.05, 0) is 53.6 Å². The summed E-state index contributed by atoms with van der Waals surface area (Å²) in [5.74, 6) is 4.36. The third-order valence-corrected chi connectivity index (χ3v) is 9.52. The standard InChI is InChI=1S/C45H29N5O2/c1-3-14-35-28(2)51-40-26-32(27-41-42(40)49(35)37-21-12-13-22-39(37)52-41)31-23-24-34-33-19-10-11-20-36(33)50(38(34)25-31)45-47-43(29-15-6-4-7-16-29)46-44(48-45)30-17-8-5-9-18-30/h3-27H,1-2H2/b35-14+. The molecule has 0 bridgehead atoms. The van der Waals surface area contributed by atoms with Gasteiger partial charge in [-0.25, -0.2) is 4.98 Å². The molecule has 52 heavy (non-hydrogen) atoms. The second kappa shape index (κ2) is 11.7. The molecule has 7 heteroatoms. The molecule has 0 N–H and O–H groups in total. The van der Waals surface area contributed by atoms with Gasteiger partial charge in [0.15, 0.2) is 28.9 Å². The summed E-state index contributed by atoms with van der Waals surface area (Å²) in [6.07, 6.45) is 3.65. The maximum atomic E-state index is 6.55. The minimum absolute atomic E-state index is 0.529. The van der Waals surface area contributed by atoms with Gasteiger partial charge in [-0.15, -0.1) is 0 Å². The Bertz CT molecular complexity index is 2730. The highest BCUT2D eigenvalue weighted by Crippen LogP contribution is 2.57. The molecule has 10 rings (SSSR count). The summed E-state index contributed by atoms with van der Waals surface area (Å²) in [4.78, 5) is 17.3. The van der Waals surface area contributed by atoms with Gasteiger partial charge in [-0.3, -0.25) is 9.47 Å². The Labute approximate surface area is 299 Å². The molecule has 6 aromatic carbocycles. The molecular formula is C45H29N5O2. The first kappa shape index (κ1) is 29.6. The van der Waals surface area contributed by atoms with E-state index in [1.54, 1.807) is 6.08 Å². The summed E-state index contributed by atoms with van der Waals surface area (Å²) in [5.41, 5.74) is 8.24. The summed E-state index contributed by atoms with van der Waals surface area (Å²) in [6, 6.07) is 47.0. The van der Waals surface area contributed by atoms with Crippen LogP contribution in [-0.2, 0) is 0 Å². The molecule has 2 aliphatic heterocycles. The van der Waals surface area contributed by atoms with Crippen molar-refractivity contribution in [1.29, 1.82) is 0 Å². The normalized spacial score (nSPS) is 13.8. The SMILES string of the molecule is C=C/C=C1\C(=C)Oc2cc(-c3ccc4c5ccccc5n(-c5nc(-c6ccccc6)nc(-c6ccccc6)n5)c4c3)cc3c2N1c1ccccc1O3. The number of aromatic nitrogens is 4. The topological polar surface area (TPSA) is 65.3 Å². The molecule has 2 aliphatic rings. The van der Waals surface area contributed by atoms with E-state index in [2.05, 4.69) is 71.2 Å². The molecule has 7 nitrogen and oxygen atoms in total. The van der Waals surface area contributed by atoms with Crippen LogP contribution in [0.25, 0.3) is 61.7 Å². The Morgan fingerprint density at radius 1 is 0.538 bits per heavy atom. The minimum atomic E-state index is 0.529. The second-order valence-electron chi connectivity index (χ2n) is 12.6. The van der Waals surface area contributed by atoms with E-state index in [0.717, 1.165) is 66.9 Å². The van der Waals surface area contributed by atoms with Crippen molar-refractivity contribution in [3.05, 3.63) is 176 Å². The number of ether oxygens (including phenoxy) is 2. The van der Waals surface area contributed by atoms with Crippen LogP contribution in [0.1, 0.15) is 0 Å². The summed E-state index contributed by atoms with van der Waals surface area (Å²) < 4.78 is 15.1. The first-order chi connectivity index (χ1) is 25.6. The highest BCUT2D eigenvalue weighted by Gasteiger charge is 2.36. The number of para-hydroxylation sites is 3. The average Bonchev–Trinajstić information content (AvgIpc) is 3.53. The fraction of sp³-hybridized carbons (Fsp3) is 0.